The predicted octanol–water partition coefficient (Wildman–Crippen LogP) is 10.9. The van der Waals surface area contributed by atoms with Gasteiger partial charge in [-0.3, -0.25) is 14.1 Å². The lowest BCUT2D eigenvalue weighted by Crippen LogP contribution is -2.29. The zero-order valence-electron chi connectivity index (χ0n) is 33.1. The molecule has 0 aliphatic rings. The molecule has 0 aromatic heterocycles. The molecule has 9 nitrogen and oxygen atoms in total. The van der Waals surface area contributed by atoms with Crippen LogP contribution in [0.25, 0.3) is 0 Å². The predicted molar refractivity (Wildman–Crippen MR) is 226 cm³/mol. The molecule has 0 spiro atoms. The normalized spacial score (nSPS) is 14.5. The van der Waals surface area contributed by atoms with Crippen LogP contribution in [0.5, 0.6) is 0 Å². The lowest BCUT2D eigenvalue weighted by molar-refractivity contribution is -0.161. The van der Waals surface area contributed by atoms with E-state index in [1.807, 2.05) is 24.3 Å². The van der Waals surface area contributed by atoms with Crippen LogP contribution in [0.4, 0.5) is 0 Å². The van der Waals surface area contributed by atoms with Crippen molar-refractivity contribution in [3.63, 3.8) is 0 Å². The third-order valence-corrected chi connectivity index (χ3v) is 7.77. The van der Waals surface area contributed by atoms with Crippen LogP contribution in [0.3, 0.4) is 0 Å². The molecule has 0 bridgehead atoms. The fourth-order valence-electron chi connectivity index (χ4n) is 4.42. The highest BCUT2D eigenvalue weighted by Crippen LogP contribution is 2.35. The Hall–Kier alpha value is -3.85. The van der Waals surface area contributed by atoms with E-state index in [-0.39, 0.29) is 12.8 Å². The van der Waals surface area contributed by atoms with Gasteiger partial charge in [0.2, 0.25) is 0 Å². The number of aliphatic hydroxyl groups is 1. The van der Waals surface area contributed by atoms with Crippen LogP contribution in [0.15, 0.2) is 134 Å². The van der Waals surface area contributed by atoms with Gasteiger partial charge in [0.15, 0.2) is 6.10 Å². The lowest BCUT2D eigenvalue weighted by atomic mass is 10.1. The Kier molecular flexibility index (Phi) is 35.7. The first-order chi connectivity index (χ1) is 26.7. The van der Waals surface area contributed by atoms with E-state index in [9.17, 15) is 19.3 Å². The quantitative estimate of drug-likeness (QED) is 0.0257. The molecular weight excluding hydrogens is 715 g/mol. The van der Waals surface area contributed by atoms with E-state index in [4.69, 9.17) is 19.3 Å². The summed E-state index contributed by atoms with van der Waals surface area (Å²) in [5.74, 6) is -1.21. The molecule has 306 valence electrons. The van der Waals surface area contributed by atoms with Crippen LogP contribution in [-0.2, 0) is 28.2 Å². The van der Waals surface area contributed by atoms with Crippen LogP contribution in [-0.4, -0.2) is 52.3 Å². The van der Waals surface area contributed by atoms with Gasteiger partial charge < -0.3 is 24.4 Å². The Morgan fingerprint density at radius 1 is 0.564 bits per heavy atom. The van der Waals surface area contributed by atoms with E-state index in [0.29, 0.717) is 19.3 Å². The number of hydrogen-bond acceptors (Lipinski definition) is 7. The third kappa shape index (κ3) is 41.2. The van der Waals surface area contributed by atoms with Crippen LogP contribution in [0.2, 0.25) is 0 Å². The Bertz CT molecular complexity index is 1360. The van der Waals surface area contributed by atoms with Crippen molar-refractivity contribution in [2.75, 3.05) is 13.2 Å². The summed E-state index contributed by atoms with van der Waals surface area (Å²) >= 11 is 0. The summed E-state index contributed by atoms with van der Waals surface area (Å²) in [5.41, 5.74) is 0. The molecule has 3 N–H and O–H groups in total. The zero-order chi connectivity index (χ0) is 40.5. The average Bonchev–Trinajstić information content (AvgIpc) is 3.15. The number of allylic oxidation sites excluding steroid dienone is 21. The molecule has 55 heavy (non-hydrogen) atoms. The van der Waals surface area contributed by atoms with Crippen molar-refractivity contribution < 1.29 is 43.0 Å². The molecule has 0 aromatic rings. The van der Waals surface area contributed by atoms with Gasteiger partial charge in [-0.2, -0.15) is 0 Å². The molecule has 1 unspecified atom stereocenters. The molecule has 0 fully saturated rings. The second-order valence-electron chi connectivity index (χ2n) is 12.3. The Morgan fingerprint density at radius 2 is 1.00 bits per heavy atom. The van der Waals surface area contributed by atoms with Gasteiger partial charge in [-0.15, -0.1) is 0 Å². The largest absolute Gasteiger partial charge is 0.469 e. The number of ether oxygens (including phenoxy) is 2. The number of carbonyl (C=O) groups excluding carboxylic acids is 2. The maximum atomic E-state index is 12.4. The number of carbonyl (C=O) groups is 2. The van der Waals surface area contributed by atoms with Crippen molar-refractivity contribution in [2.24, 2.45) is 0 Å². The van der Waals surface area contributed by atoms with Gasteiger partial charge in [-0.05, 0) is 83.5 Å². The van der Waals surface area contributed by atoms with Crippen molar-refractivity contribution in [1.29, 1.82) is 0 Å². The maximum Gasteiger partial charge on any atom is 0.469 e. The summed E-state index contributed by atoms with van der Waals surface area (Å²) in [7, 11) is -4.84. The Balaban J connectivity index is 4.32. The molecule has 0 heterocycles. The van der Waals surface area contributed by atoms with E-state index < -0.39 is 45.2 Å². The summed E-state index contributed by atoms with van der Waals surface area (Å²) in [6, 6.07) is 0. The minimum atomic E-state index is -4.84. The standard InChI is InChI=1S/C45H67O9P/c1-3-5-7-9-11-13-15-17-18-19-20-21-22-24-26-28-30-32-34-38-44(47)52-40-43(41-53-55(49,50)51)54-45(48)39-35-37-42(46)36-33-31-29-27-25-23-16-14-12-10-8-6-4-2/h5-8,11-14,17-18,20-21,23-26,29-33,36,42-43,46H,3-4,9-10,15-16,19,22,27-28,34-35,37-41H2,1-2H3,(H2,49,50,51)/b7-5-,8-6-,13-11-,14-12-,18-17-,21-20-,25-23-,26-24-,31-29-,32-30-,36-33+/t42?,43-/m1/s1. The van der Waals surface area contributed by atoms with Crippen LogP contribution in [0.1, 0.15) is 110 Å². The van der Waals surface area contributed by atoms with Crippen molar-refractivity contribution in [3.8, 4) is 0 Å². The number of rotatable bonds is 33. The smallest absolute Gasteiger partial charge is 0.462 e. The van der Waals surface area contributed by atoms with Gasteiger partial charge in [0, 0.05) is 12.8 Å². The first kappa shape index (κ1) is 51.1. The Labute approximate surface area is 331 Å². The van der Waals surface area contributed by atoms with Gasteiger partial charge in [0.25, 0.3) is 0 Å². The van der Waals surface area contributed by atoms with Crippen molar-refractivity contribution in [3.05, 3.63) is 134 Å². The second-order valence-corrected chi connectivity index (χ2v) is 13.6. The highest BCUT2D eigenvalue weighted by atomic mass is 31.2. The van der Waals surface area contributed by atoms with Gasteiger partial charge in [0.05, 0.1) is 12.7 Å². The van der Waals surface area contributed by atoms with E-state index in [1.54, 1.807) is 12.2 Å². The summed E-state index contributed by atoms with van der Waals surface area (Å²) in [4.78, 5) is 42.8. The highest BCUT2D eigenvalue weighted by Gasteiger charge is 2.23. The first-order valence-electron chi connectivity index (χ1n) is 19.6. The van der Waals surface area contributed by atoms with Crippen molar-refractivity contribution >= 4 is 19.8 Å². The molecule has 0 aliphatic carbocycles. The molecule has 0 aromatic carbocycles. The molecule has 10 heteroatoms. The van der Waals surface area contributed by atoms with Crippen LogP contribution >= 0.6 is 7.82 Å². The molecule has 2 atom stereocenters. The minimum Gasteiger partial charge on any atom is -0.462 e. The molecule has 0 amide bonds. The summed E-state index contributed by atoms with van der Waals surface area (Å²) in [6.45, 7) is 3.19. The van der Waals surface area contributed by atoms with Crippen molar-refractivity contribution in [2.45, 2.75) is 122 Å². The topological polar surface area (TPSA) is 140 Å². The molecule has 0 aliphatic heterocycles. The van der Waals surface area contributed by atoms with Gasteiger partial charge in [-0.1, -0.05) is 148 Å². The van der Waals surface area contributed by atoms with E-state index in [0.717, 1.165) is 64.2 Å². The lowest BCUT2D eigenvalue weighted by Gasteiger charge is -2.18. The average molecular weight is 783 g/mol. The first-order valence-corrected chi connectivity index (χ1v) is 21.1. The van der Waals surface area contributed by atoms with Crippen LogP contribution < -0.4 is 0 Å². The summed E-state index contributed by atoms with van der Waals surface area (Å²) in [5, 5.41) is 10.2. The molecule has 0 saturated heterocycles. The fourth-order valence-corrected chi connectivity index (χ4v) is 4.79. The minimum absolute atomic E-state index is 0.0437. The number of phosphoric acid groups is 1. The monoisotopic (exact) mass is 782 g/mol. The summed E-state index contributed by atoms with van der Waals surface area (Å²) < 4.78 is 26.1. The number of hydrogen-bond donors (Lipinski definition) is 3. The third-order valence-electron chi connectivity index (χ3n) is 7.28. The number of esters is 2. The highest BCUT2D eigenvalue weighted by molar-refractivity contribution is 7.46. The molecule has 0 radical (unpaired) electrons. The number of phosphoric ester groups is 1. The van der Waals surface area contributed by atoms with Gasteiger partial charge in [0.1, 0.15) is 6.61 Å². The van der Waals surface area contributed by atoms with E-state index in [2.05, 4.69) is 116 Å². The SMILES string of the molecule is CC/C=C\C/C=C\C/C=C\C/C=C\C=C\C(O)CCCC(=O)O[C@H](COC(=O)CC/C=C\C/C=C\C/C=C\C/C=C\C/C=C\C/C=C\CC)COP(=O)(O)O. The molecule has 0 rings (SSSR count). The van der Waals surface area contributed by atoms with Crippen molar-refractivity contribution in [1.82, 2.24) is 0 Å². The van der Waals surface area contributed by atoms with Crippen LogP contribution in [0, 0.1) is 0 Å². The van der Waals surface area contributed by atoms with E-state index >= 15 is 0 Å². The van der Waals surface area contributed by atoms with E-state index in [1.165, 1.54) is 0 Å². The maximum absolute atomic E-state index is 12.4. The molecule has 0 saturated carbocycles. The number of aliphatic hydroxyl groups excluding tert-OH is 1. The second kappa shape index (κ2) is 38.4. The van der Waals surface area contributed by atoms with Gasteiger partial charge in [-0.25, -0.2) is 4.57 Å². The summed E-state index contributed by atoms with van der Waals surface area (Å²) in [6.07, 6.45) is 53.6. The molecular formula is C45H67O9P. The Morgan fingerprint density at radius 3 is 1.45 bits per heavy atom. The fraction of sp³-hybridized carbons (Fsp3) is 0.467. The van der Waals surface area contributed by atoms with Gasteiger partial charge >= 0.3 is 19.8 Å². The zero-order valence-corrected chi connectivity index (χ0v) is 34.0.